The molecular formula is C17H24N4O2. The van der Waals surface area contributed by atoms with E-state index in [0.717, 1.165) is 38.2 Å². The summed E-state index contributed by atoms with van der Waals surface area (Å²) in [4.78, 5) is 32.2. The zero-order chi connectivity index (χ0) is 16.2. The summed E-state index contributed by atoms with van der Waals surface area (Å²) >= 11 is 0. The van der Waals surface area contributed by atoms with Gasteiger partial charge < -0.3 is 10.2 Å². The number of pyridine rings is 1. The summed E-state index contributed by atoms with van der Waals surface area (Å²) in [7, 11) is 1.76. The molecule has 0 unspecified atom stereocenters. The Hall–Kier alpha value is -1.95. The van der Waals surface area contributed by atoms with Gasteiger partial charge in [0.1, 0.15) is 0 Å². The Bertz CT molecular complexity index is 555. The largest absolute Gasteiger partial charge is 0.353 e. The van der Waals surface area contributed by atoms with Gasteiger partial charge in [-0.1, -0.05) is 6.07 Å². The summed E-state index contributed by atoms with van der Waals surface area (Å²) in [5.74, 6) is -0.0831. The average molecular weight is 316 g/mol. The Morgan fingerprint density at radius 2 is 2.13 bits per heavy atom. The Kier molecular flexibility index (Phi) is 4.91. The molecule has 0 aromatic carbocycles. The van der Waals surface area contributed by atoms with Gasteiger partial charge in [-0.2, -0.15) is 0 Å². The van der Waals surface area contributed by atoms with Gasteiger partial charge in [0, 0.05) is 51.9 Å². The minimum Gasteiger partial charge on any atom is -0.353 e. The van der Waals surface area contributed by atoms with E-state index in [1.165, 1.54) is 0 Å². The van der Waals surface area contributed by atoms with Gasteiger partial charge in [0.25, 0.3) is 0 Å². The van der Waals surface area contributed by atoms with Crippen molar-refractivity contribution in [3.8, 4) is 0 Å². The molecule has 3 heterocycles. The summed E-state index contributed by atoms with van der Waals surface area (Å²) in [5.41, 5.74) is 1.09. The fourth-order valence-corrected chi connectivity index (χ4v) is 3.31. The third kappa shape index (κ3) is 4.07. The Morgan fingerprint density at radius 3 is 2.74 bits per heavy atom. The number of hydrogen-bond donors (Lipinski definition) is 1. The molecule has 2 aliphatic heterocycles. The topological polar surface area (TPSA) is 65.5 Å². The van der Waals surface area contributed by atoms with Crippen LogP contribution in [0.4, 0.5) is 0 Å². The highest BCUT2D eigenvalue weighted by Gasteiger charge is 2.33. The molecule has 0 spiro atoms. The van der Waals surface area contributed by atoms with Crippen LogP contribution in [0.15, 0.2) is 24.4 Å². The SMILES string of the molecule is CN1C[C@@H](C(=O)NC2CCN(Cc3ccccn3)CC2)CC1=O. The number of aromatic nitrogens is 1. The number of piperidine rings is 1. The molecule has 0 saturated carbocycles. The van der Waals surface area contributed by atoms with Crippen molar-refractivity contribution in [1.82, 2.24) is 20.1 Å². The van der Waals surface area contributed by atoms with E-state index >= 15 is 0 Å². The van der Waals surface area contributed by atoms with E-state index in [2.05, 4.69) is 15.2 Å². The molecule has 2 aliphatic rings. The van der Waals surface area contributed by atoms with Crippen LogP contribution in [0.2, 0.25) is 0 Å². The molecule has 6 heteroatoms. The lowest BCUT2D eigenvalue weighted by molar-refractivity contribution is -0.128. The smallest absolute Gasteiger partial charge is 0.225 e. The molecule has 2 amide bonds. The predicted octanol–water partition coefficient (Wildman–Crippen LogP) is 0.641. The summed E-state index contributed by atoms with van der Waals surface area (Å²) in [6, 6.07) is 6.20. The molecule has 0 aliphatic carbocycles. The van der Waals surface area contributed by atoms with Gasteiger partial charge in [-0.25, -0.2) is 0 Å². The van der Waals surface area contributed by atoms with Gasteiger partial charge in [0.05, 0.1) is 11.6 Å². The van der Waals surface area contributed by atoms with Crippen molar-refractivity contribution >= 4 is 11.8 Å². The lowest BCUT2D eigenvalue weighted by Gasteiger charge is -2.32. The summed E-state index contributed by atoms with van der Waals surface area (Å²) in [6.45, 7) is 3.34. The molecule has 1 N–H and O–H groups in total. The zero-order valence-corrected chi connectivity index (χ0v) is 13.6. The molecule has 2 fully saturated rings. The second kappa shape index (κ2) is 7.08. The second-order valence-electron chi connectivity index (χ2n) is 6.56. The number of nitrogens with one attached hydrogen (secondary N) is 1. The molecule has 0 radical (unpaired) electrons. The fraction of sp³-hybridized carbons (Fsp3) is 0.588. The van der Waals surface area contributed by atoms with Crippen LogP contribution in [0.25, 0.3) is 0 Å². The zero-order valence-electron chi connectivity index (χ0n) is 13.6. The lowest BCUT2D eigenvalue weighted by Crippen LogP contribution is -2.46. The first kappa shape index (κ1) is 15.9. The first-order valence-electron chi connectivity index (χ1n) is 8.28. The van der Waals surface area contributed by atoms with E-state index in [1.54, 1.807) is 11.9 Å². The molecule has 124 valence electrons. The summed E-state index contributed by atoms with van der Waals surface area (Å²) in [6.07, 6.45) is 4.08. The van der Waals surface area contributed by atoms with Crippen LogP contribution in [-0.4, -0.2) is 59.3 Å². The number of likely N-dealkylation sites (tertiary alicyclic amines) is 2. The van der Waals surface area contributed by atoms with Crippen LogP contribution in [-0.2, 0) is 16.1 Å². The number of rotatable bonds is 4. The highest BCUT2D eigenvalue weighted by Crippen LogP contribution is 2.18. The average Bonchev–Trinajstić information content (AvgIpc) is 2.90. The number of carbonyl (C=O) groups is 2. The van der Waals surface area contributed by atoms with Crippen LogP contribution < -0.4 is 5.32 Å². The van der Waals surface area contributed by atoms with Crippen LogP contribution >= 0.6 is 0 Å². The van der Waals surface area contributed by atoms with Gasteiger partial charge in [0.2, 0.25) is 11.8 Å². The Labute approximate surface area is 136 Å². The molecule has 1 atom stereocenters. The summed E-state index contributed by atoms with van der Waals surface area (Å²) < 4.78 is 0. The van der Waals surface area contributed by atoms with Crippen LogP contribution in [0.1, 0.15) is 25.0 Å². The third-order valence-corrected chi connectivity index (χ3v) is 4.76. The number of amides is 2. The molecule has 1 aromatic heterocycles. The monoisotopic (exact) mass is 316 g/mol. The second-order valence-corrected chi connectivity index (χ2v) is 6.56. The number of carbonyl (C=O) groups excluding carboxylic acids is 2. The van der Waals surface area contributed by atoms with Crippen molar-refractivity contribution in [2.75, 3.05) is 26.7 Å². The molecule has 6 nitrogen and oxygen atoms in total. The first-order chi connectivity index (χ1) is 11.1. The van der Waals surface area contributed by atoms with E-state index in [-0.39, 0.29) is 23.8 Å². The van der Waals surface area contributed by atoms with Gasteiger partial charge in [-0.05, 0) is 25.0 Å². The van der Waals surface area contributed by atoms with Crippen molar-refractivity contribution < 1.29 is 9.59 Å². The lowest BCUT2D eigenvalue weighted by atomic mass is 10.0. The Morgan fingerprint density at radius 1 is 1.35 bits per heavy atom. The molecule has 1 aromatic rings. The van der Waals surface area contributed by atoms with Gasteiger partial charge in [0.15, 0.2) is 0 Å². The minimum absolute atomic E-state index is 0.0332. The Balaban J connectivity index is 1.42. The molecule has 0 bridgehead atoms. The third-order valence-electron chi connectivity index (χ3n) is 4.76. The highest BCUT2D eigenvalue weighted by molar-refractivity contribution is 5.89. The molecule has 2 saturated heterocycles. The van der Waals surface area contributed by atoms with Gasteiger partial charge >= 0.3 is 0 Å². The standard InChI is InChI=1S/C17H24N4O2/c1-20-11-13(10-16(20)22)17(23)19-14-5-8-21(9-6-14)12-15-4-2-3-7-18-15/h2-4,7,13-14H,5-6,8-12H2,1H3,(H,19,23)/t13-/m0/s1. The van der Waals surface area contributed by atoms with Crippen LogP contribution in [0, 0.1) is 5.92 Å². The van der Waals surface area contributed by atoms with Crippen molar-refractivity contribution in [3.63, 3.8) is 0 Å². The quantitative estimate of drug-likeness (QED) is 0.885. The van der Waals surface area contributed by atoms with Crippen molar-refractivity contribution in [3.05, 3.63) is 30.1 Å². The van der Waals surface area contributed by atoms with Crippen LogP contribution in [0.5, 0.6) is 0 Å². The minimum atomic E-state index is -0.181. The van der Waals surface area contributed by atoms with E-state index in [9.17, 15) is 9.59 Å². The first-order valence-corrected chi connectivity index (χ1v) is 8.28. The maximum absolute atomic E-state index is 12.3. The van der Waals surface area contributed by atoms with E-state index in [4.69, 9.17) is 0 Å². The maximum atomic E-state index is 12.3. The van der Waals surface area contributed by atoms with Gasteiger partial charge in [-0.15, -0.1) is 0 Å². The fourth-order valence-electron chi connectivity index (χ4n) is 3.31. The number of nitrogens with zero attached hydrogens (tertiary/aromatic N) is 3. The van der Waals surface area contributed by atoms with Crippen molar-refractivity contribution in [2.45, 2.75) is 31.8 Å². The molecule has 23 heavy (non-hydrogen) atoms. The molecule has 3 rings (SSSR count). The van der Waals surface area contributed by atoms with Crippen molar-refractivity contribution in [1.29, 1.82) is 0 Å². The van der Waals surface area contributed by atoms with Crippen LogP contribution in [0.3, 0.4) is 0 Å². The van der Waals surface area contributed by atoms with E-state index in [1.807, 2.05) is 24.4 Å². The normalized spacial score (nSPS) is 23.3. The van der Waals surface area contributed by atoms with E-state index in [0.29, 0.717) is 13.0 Å². The highest BCUT2D eigenvalue weighted by atomic mass is 16.2. The summed E-state index contributed by atoms with van der Waals surface area (Å²) in [5, 5.41) is 3.13. The maximum Gasteiger partial charge on any atom is 0.225 e. The molecular weight excluding hydrogens is 292 g/mol. The predicted molar refractivity (Wildman–Crippen MR) is 86.4 cm³/mol. The van der Waals surface area contributed by atoms with Gasteiger partial charge in [-0.3, -0.25) is 19.5 Å². The number of hydrogen-bond acceptors (Lipinski definition) is 4. The van der Waals surface area contributed by atoms with Crippen molar-refractivity contribution in [2.24, 2.45) is 5.92 Å². The van der Waals surface area contributed by atoms with E-state index < -0.39 is 0 Å².